The molecule has 0 spiro atoms. The number of aliphatic carboxylic acids is 1. The molecule has 0 fully saturated rings. The van der Waals surface area contributed by atoms with Gasteiger partial charge in [0, 0.05) is 6.08 Å². The summed E-state index contributed by atoms with van der Waals surface area (Å²) >= 11 is 3.87. The Morgan fingerprint density at radius 2 is 1.78 bits per heavy atom. The van der Waals surface area contributed by atoms with Gasteiger partial charge in [0.05, 0.1) is 0 Å². The van der Waals surface area contributed by atoms with Crippen molar-refractivity contribution in [2.45, 2.75) is 0 Å². The van der Waals surface area contributed by atoms with Crippen molar-refractivity contribution in [1.82, 2.24) is 0 Å². The number of carboxylic acid groups (broad SMARTS) is 1. The molecule has 0 rings (SSSR count). The lowest BCUT2D eigenvalue weighted by atomic mass is 10.7. The average molecular weight is 149 g/mol. The van der Waals surface area contributed by atoms with Crippen molar-refractivity contribution >= 4 is 23.4 Å². The number of aliphatic hydroxyl groups is 1. The summed E-state index contributed by atoms with van der Waals surface area (Å²) in [4.78, 5) is 9.25. The van der Waals surface area contributed by atoms with E-state index in [1.807, 2.05) is 0 Å². The van der Waals surface area contributed by atoms with E-state index in [4.69, 9.17) is 10.2 Å². The second kappa shape index (κ2) is 6.90. The van der Waals surface area contributed by atoms with Crippen molar-refractivity contribution < 1.29 is 15.0 Å². The van der Waals surface area contributed by atoms with E-state index in [1.54, 1.807) is 0 Å². The molecule has 52 valence electrons. The van der Waals surface area contributed by atoms with Gasteiger partial charge in [-0.15, -0.1) is 0 Å². The SMILES string of the molecule is C=CC(=O)O.NC(O)=S. The Kier molecular flexibility index (Phi) is 8.28. The van der Waals surface area contributed by atoms with E-state index in [0.717, 1.165) is 6.08 Å². The quantitative estimate of drug-likeness (QED) is 0.362. The summed E-state index contributed by atoms with van der Waals surface area (Å²) < 4.78 is 0. The van der Waals surface area contributed by atoms with Crippen LogP contribution in [0.15, 0.2) is 12.7 Å². The van der Waals surface area contributed by atoms with E-state index in [-0.39, 0.29) is 0 Å². The molecule has 0 aromatic rings. The van der Waals surface area contributed by atoms with Crippen molar-refractivity contribution in [3.05, 3.63) is 12.7 Å². The molecule has 4 nitrogen and oxygen atoms in total. The fourth-order valence-corrected chi connectivity index (χ4v) is 0. The molecule has 0 aliphatic heterocycles. The van der Waals surface area contributed by atoms with E-state index >= 15 is 0 Å². The fraction of sp³-hybridized carbons (Fsp3) is 0. The standard InChI is InChI=1S/C3H4O2.CH3NOS/c1-2-3(4)5;2-1(3)4/h2H,1H2,(H,4,5);(H3,2,3,4). The van der Waals surface area contributed by atoms with E-state index in [9.17, 15) is 4.79 Å². The first-order valence-electron chi connectivity index (χ1n) is 1.84. The molecule has 0 aliphatic rings. The summed E-state index contributed by atoms with van der Waals surface area (Å²) in [5.41, 5.74) is 4.40. The second-order valence-electron chi connectivity index (χ2n) is 0.881. The highest BCUT2D eigenvalue weighted by Crippen LogP contribution is 1.54. The minimum atomic E-state index is -0.981. The van der Waals surface area contributed by atoms with Gasteiger partial charge in [0.2, 0.25) is 0 Å². The Bertz CT molecular complexity index is 119. The van der Waals surface area contributed by atoms with E-state index in [2.05, 4.69) is 24.5 Å². The minimum absolute atomic E-state index is 0.500. The lowest BCUT2D eigenvalue weighted by molar-refractivity contribution is -0.131. The van der Waals surface area contributed by atoms with Crippen LogP contribution in [0.1, 0.15) is 0 Å². The second-order valence-corrected chi connectivity index (χ2v) is 1.30. The molecule has 0 atom stereocenters. The molecular weight excluding hydrogens is 142 g/mol. The first kappa shape index (κ1) is 10.8. The third-order valence-corrected chi connectivity index (χ3v) is 0.175. The van der Waals surface area contributed by atoms with Gasteiger partial charge < -0.3 is 15.9 Å². The zero-order valence-corrected chi connectivity index (χ0v) is 5.39. The zero-order chi connectivity index (χ0) is 7.86. The first-order valence-corrected chi connectivity index (χ1v) is 2.25. The molecule has 4 N–H and O–H groups in total. The first-order chi connectivity index (χ1) is 4.00. The molecule has 0 radical (unpaired) electrons. The summed E-state index contributed by atoms with van der Waals surface area (Å²) in [6.07, 6.45) is 0.833. The molecule has 0 amide bonds. The lowest BCUT2D eigenvalue weighted by Gasteiger charge is -1.67. The summed E-state index contributed by atoms with van der Waals surface area (Å²) in [7, 11) is 0. The van der Waals surface area contributed by atoms with Crippen LogP contribution in [0.5, 0.6) is 0 Å². The molecule has 0 heterocycles. The highest BCUT2D eigenvalue weighted by atomic mass is 32.1. The molecule has 5 heteroatoms. The number of rotatable bonds is 1. The van der Waals surface area contributed by atoms with Crippen molar-refractivity contribution in [2.75, 3.05) is 0 Å². The van der Waals surface area contributed by atoms with Gasteiger partial charge in [-0.3, -0.25) is 0 Å². The van der Waals surface area contributed by atoms with Crippen LogP contribution in [0.4, 0.5) is 0 Å². The van der Waals surface area contributed by atoms with Gasteiger partial charge in [-0.2, -0.15) is 0 Å². The number of aliphatic hydroxyl groups excluding tert-OH is 1. The molecular formula is C4H7NO3S. The van der Waals surface area contributed by atoms with Crippen molar-refractivity contribution in [3.63, 3.8) is 0 Å². The van der Waals surface area contributed by atoms with Crippen LogP contribution in [-0.4, -0.2) is 21.4 Å². The van der Waals surface area contributed by atoms with Crippen LogP contribution in [-0.2, 0) is 4.79 Å². The molecule has 0 saturated carbocycles. The van der Waals surface area contributed by atoms with Gasteiger partial charge in [-0.05, 0) is 12.2 Å². The largest absolute Gasteiger partial charge is 0.487 e. The van der Waals surface area contributed by atoms with Crippen molar-refractivity contribution in [2.24, 2.45) is 5.73 Å². The third kappa shape index (κ3) is 205. The van der Waals surface area contributed by atoms with Crippen molar-refractivity contribution in [3.8, 4) is 0 Å². The maximum atomic E-state index is 9.25. The highest BCUT2D eigenvalue weighted by molar-refractivity contribution is 7.79. The van der Waals surface area contributed by atoms with E-state index in [1.165, 1.54) is 0 Å². The molecule has 9 heavy (non-hydrogen) atoms. The Morgan fingerprint density at radius 3 is 1.78 bits per heavy atom. The minimum Gasteiger partial charge on any atom is -0.487 e. The summed E-state index contributed by atoms with van der Waals surface area (Å²) in [5.74, 6) is -0.981. The maximum absolute atomic E-state index is 9.25. The van der Waals surface area contributed by atoms with E-state index in [0.29, 0.717) is 0 Å². The van der Waals surface area contributed by atoms with Gasteiger partial charge in [0.1, 0.15) is 0 Å². The molecule has 0 aliphatic carbocycles. The average Bonchev–Trinajstić information content (AvgIpc) is 1.65. The third-order valence-electron chi connectivity index (χ3n) is 0.175. The van der Waals surface area contributed by atoms with Crippen LogP contribution in [0.2, 0.25) is 0 Å². The number of carboxylic acids is 1. The fourth-order valence-electron chi connectivity index (χ4n) is 0. The highest BCUT2D eigenvalue weighted by Gasteiger charge is 1.73. The number of nitrogens with two attached hydrogens (primary N) is 1. The van der Waals surface area contributed by atoms with Crippen LogP contribution < -0.4 is 5.73 Å². The van der Waals surface area contributed by atoms with Crippen LogP contribution in [0.3, 0.4) is 0 Å². The van der Waals surface area contributed by atoms with Gasteiger partial charge >= 0.3 is 5.97 Å². The molecule has 0 unspecified atom stereocenters. The van der Waals surface area contributed by atoms with Gasteiger partial charge in [-0.25, -0.2) is 4.79 Å². The molecule has 0 saturated heterocycles. The van der Waals surface area contributed by atoms with Crippen LogP contribution in [0, 0.1) is 0 Å². The van der Waals surface area contributed by atoms with Gasteiger partial charge in [0.15, 0.2) is 0 Å². The summed E-state index contributed by atoms with van der Waals surface area (Å²) in [6, 6.07) is 0. The molecule has 0 aromatic heterocycles. The van der Waals surface area contributed by atoms with Crippen LogP contribution >= 0.6 is 12.2 Å². The molecule has 0 aromatic carbocycles. The number of hydrogen-bond donors (Lipinski definition) is 3. The Balaban J connectivity index is 0. The lowest BCUT2D eigenvalue weighted by Crippen LogP contribution is -2.03. The number of hydrogen-bond acceptors (Lipinski definition) is 2. The number of carbonyl (C=O) groups is 1. The monoisotopic (exact) mass is 149 g/mol. The Morgan fingerprint density at radius 1 is 1.67 bits per heavy atom. The normalized spacial score (nSPS) is 6.22. The smallest absolute Gasteiger partial charge is 0.327 e. The van der Waals surface area contributed by atoms with Crippen LogP contribution in [0.25, 0.3) is 0 Å². The van der Waals surface area contributed by atoms with E-state index < -0.39 is 11.1 Å². The van der Waals surface area contributed by atoms with Gasteiger partial charge in [-0.1, -0.05) is 6.58 Å². The van der Waals surface area contributed by atoms with Crippen molar-refractivity contribution in [1.29, 1.82) is 0 Å². The predicted octanol–water partition coefficient (Wildman–Crippen LogP) is 0.0450. The summed E-state index contributed by atoms with van der Waals surface area (Å²) in [6.45, 7) is 2.96. The summed E-state index contributed by atoms with van der Waals surface area (Å²) in [5, 5.41) is 14.7. The Hall–Kier alpha value is -1.10. The predicted molar refractivity (Wildman–Crippen MR) is 37.2 cm³/mol. The molecule has 0 bridgehead atoms. The van der Waals surface area contributed by atoms with Gasteiger partial charge in [0.25, 0.3) is 5.17 Å². The Labute approximate surface area is 57.6 Å². The maximum Gasteiger partial charge on any atom is 0.327 e. The zero-order valence-electron chi connectivity index (χ0n) is 4.57. The topological polar surface area (TPSA) is 83.5 Å². The number of thiocarbonyl (C=S) groups is 1.